The Kier molecular flexibility index (Phi) is 4.14. The fraction of sp³-hybridized carbons (Fsp3) is 0.560. The van der Waals surface area contributed by atoms with Crippen LogP contribution in [0.1, 0.15) is 63.0 Å². The molecule has 158 valence electrons. The number of aliphatic imine (C=N–C) groups is 1. The lowest BCUT2D eigenvalue weighted by atomic mass is 9.61. The molecule has 0 saturated heterocycles. The van der Waals surface area contributed by atoms with Crippen LogP contribution in [0.5, 0.6) is 0 Å². The molecule has 1 aromatic carbocycles. The molecule has 0 unspecified atom stereocenters. The molecule has 2 fully saturated rings. The number of benzene rings is 1. The molecule has 2 saturated carbocycles. The number of ether oxygens (including phenoxy) is 1. The number of allylic oxidation sites excluding steroid dienone is 1. The van der Waals surface area contributed by atoms with Gasteiger partial charge in [-0.25, -0.2) is 9.38 Å². The summed E-state index contributed by atoms with van der Waals surface area (Å²) in [6, 6.07) is 7.97. The Labute approximate surface area is 177 Å². The van der Waals surface area contributed by atoms with Crippen LogP contribution in [0, 0.1) is 11.2 Å². The monoisotopic (exact) mass is 407 g/mol. The first kappa shape index (κ1) is 18.6. The van der Waals surface area contributed by atoms with Gasteiger partial charge in [-0.2, -0.15) is 0 Å². The second kappa shape index (κ2) is 6.68. The molecule has 2 spiro atoms. The van der Waals surface area contributed by atoms with Gasteiger partial charge in [-0.3, -0.25) is 0 Å². The molecule has 30 heavy (non-hydrogen) atoms. The SMILES string of the molecule is N[C@@H]1CC[C@]2(CN=C(N3CCC4=C(C=CC5(CCC5)C4)[C@@H]3c3ccc(F)cc3)O2)C1. The van der Waals surface area contributed by atoms with Crippen molar-refractivity contribution in [2.24, 2.45) is 16.1 Å². The van der Waals surface area contributed by atoms with E-state index in [1.165, 1.54) is 31.3 Å². The molecule has 3 atom stereocenters. The highest BCUT2D eigenvalue weighted by molar-refractivity contribution is 5.78. The maximum atomic E-state index is 13.7. The first-order chi connectivity index (χ1) is 14.5. The third kappa shape index (κ3) is 2.93. The molecule has 2 aliphatic heterocycles. The van der Waals surface area contributed by atoms with Gasteiger partial charge in [0.05, 0.1) is 12.6 Å². The highest BCUT2D eigenvalue weighted by Gasteiger charge is 2.47. The Hall–Kier alpha value is -2.14. The van der Waals surface area contributed by atoms with Crippen LogP contribution in [0.2, 0.25) is 0 Å². The zero-order valence-corrected chi connectivity index (χ0v) is 17.4. The predicted molar refractivity (Wildman–Crippen MR) is 115 cm³/mol. The zero-order chi connectivity index (χ0) is 20.3. The van der Waals surface area contributed by atoms with E-state index in [4.69, 9.17) is 15.5 Å². The lowest BCUT2D eigenvalue weighted by molar-refractivity contribution is 0.0675. The van der Waals surface area contributed by atoms with Crippen molar-refractivity contribution < 1.29 is 9.13 Å². The van der Waals surface area contributed by atoms with Crippen LogP contribution in [-0.2, 0) is 4.74 Å². The fourth-order valence-electron chi connectivity index (χ4n) is 6.21. The van der Waals surface area contributed by atoms with E-state index in [-0.39, 0.29) is 23.5 Å². The Bertz CT molecular complexity index is 946. The molecule has 1 aromatic rings. The van der Waals surface area contributed by atoms with E-state index >= 15 is 0 Å². The maximum absolute atomic E-state index is 13.7. The van der Waals surface area contributed by atoms with Crippen molar-refractivity contribution in [2.45, 2.75) is 69.1 Å². The summed E-state index contributed by atoms with van der Waals surface area (Å²) in [7, 11) is 0. The largest absolute Gasteiger partial charge is 0.456 e. The van der Waals surface area contributed by atoms with Crippen molar-refractivity contribution in [1.29, 1.82) is 0 Å². The fourth-order valence-corrected chi connectivity index (χ4v) is 6.21. The minimum absolute atomic E-state index is 0.0343. The van der Waals surface area contributed by atoms with Crippen LogP contribution in [0.25, 0.3) is 0 Å². The number of amidine groups is 1. The van der Waals surface area contributed by atoms with Crippen LogP contribution < -0.4 is 5.73 Å². The molecule has 5 heteroatoms. The Morgan fingerprint density at radius 1 is 1.17 bits per heavy atom. The quantitative estimate of drug-likeness (QED) is 0.738. The van der Waals surface area contributed by atoms with Gasteiger partial charge in [0.15, 0.2) is 0 Å². The van der Waals surface area contributed by atoms with E-state index < -0.39 is 0 Å². The summed E-state index contributed by atoms with van der Waals surface area (Å²) in [4.78, 5) is 7.17. The Balaban J connectivity index is 1.34. The summed E-state index contributed by atoms with van der Waals surface area (Å²) in [6.45, 7) is 1.60. The molecule has 4 nitrogen and oxygen atoms in total. The summed E-state index contributed by atoms with van der Waals surface area (Å²) in [5.41, 5.74) is 10.4. The molecular formula is C25H30FN3O. The highest BCUT2D eigenvalue weighted by Crippen LogP contribution is 2.53. The lowest BCUT2D eigenvalue weighted by Gasteiger charge is -2.47. The van der Waals surface area contributed by atoms with Crippen LogP contribution >= 0.6 is 0 Å². The summed E-state index contributed by atoms with van der Waals surface area (Å²) in [5, 5.41) is 0. The second-order valence-electron chi connectivity index (χ2n) is 10.1. The van der Waals surface area contributed by atoms with Crippen LogP contribution in [0.4, 0.5) is 4.39 Å². The summed E-state index contributed by atoms with van der Waals surface area (Å²) in [6.07, 6.45) is 13.9. The smallest absolute Gasteiger partial charge is 0.288 e. The second-order valence-corrected chi connectivity index (χ2v) is 10.1. The predicted octanol–water partition coefficient (Wildman–Crippen LogP) is 4.64. The first-order valence-electron chi connectivity index (χ1n) is 11.5. The van der Waals surface area contributed by atoms with E-state index in [1.54, 1.807) is 17.7 Å². The van der Waals surface area contributed by atoms with Crippen molar-refractivity contribution in [1.82, 2.24) is 4.90 Å². The third-order valence-electron chi connectivity index (χ3n) is 8.05. The van der Waals surface area contributed by atoms with Crippen LogP contribution in [0.3, 0.4) is 0 Å². The molecule has 0 bridgehead atoms. The van der Waals surface area contributed by atoms with E-state index in [2.05, 4.69) is 17.1 Å². The van der Waals surface area contributed by atoms with E-state index in [0.717, 1.165) is 43.8 Å². The van der Waals surface area contributed by atoms with E-state index in [0.29, 0.717) is 12.0 Å². The van der Waals surface area contributed by atoms with Gasteiger partial charge < -0.3 is 15.4 Å². The van der Waals surface area contributed by atoms with Gasteiger partial charge >= 0.3 is 0 Å². The average molecular weight is 408 g/mol. The minimum Gasteiger partial charge on any atom is -0.456 e. The number of rotatable bonds is 1. The molecule has 6 rings (SSSR count). The molecule has 2 heterocycles. The number of nitrogens with zero attached hydrogens (tertiary/aromatic N) is 2. The van der Waals surface area contributed by atoms with Crippen LogP contribution in [0.15, 0.2) is 52.6 Å². The standard InChI is InChI=1S/C25H30FN3O/c26-19-4-2-17(3-5-19)22-21-7-11-24(9-1-10-24)14-18(21)8-13-29(22)23-28-16-25(30-23)12-6-20(27)15-25/h2-5,7,11,20,22H,1,6,8-10,12-16,27H2/t20-,22+,25-/m1/s1. The van der Waals surface area contributed by atoms with Gasteiger partial charge in [-0.1, -0.05) is 36.3 Å². The maximum Gasteiger partial charge on any atom is 0.288 e. The van der Waals surface area contributed by atoms with Gasteiger partial charge in [0.25, 0.3) is 6.02 Å². The van der Waals surface area contributed by atoms with Crippen molar-refractivity contribution in [3.63, 3.8) is 0 Å². The molecule has 0 radical (unpaired) electrons. The number of nitrogens with two attached hydrogens (primary N) is 1. The van der Waals surface area contributed by atoms with E-state index in [9.17, 15) is 4.39 Å². The molecule has 5 aliphatic rings. The zero-order valence-electron chi connectivity index (χ0n) is 17.4. The highest BCUT2D eigenvalue weighted by atomic mass is 19.1. The van der Waals surface area contributed by atoms with Crippen molar-refractivity contribution in [3.05, 3.63) is 58.9 Å². The van der Waals surface area contributed by atoms with Crippen molar-refractivity contribution in [3.8, 4) is 0 Å². The van der Waals surface area contributed by atoms with Gasteiger partial charge in [0, 0.05) is 19.0 Å². The summed E-state index contributed by atoms with van der Waals surface area (Å²) < 4.78 is 20.2. The van der Waals surface area contributed by atoms with Gasteiger partial charge in [0.1, 0.15) is 11.4 Å². The number of halogens is 1. The number of hydrogen-bond donors (Lipinski definition) is 1. The first-order valence-corrected chi connectivity index (χ1v) is 11.5. The molecular weight excluding hydrogens is 377 g/mol. The molecule has 3 aliphatic carbocycles. The average Bonchev–Trinajstić information content (AvgIpc) is 3.31. The molecule has 0 aromatic heterocycles. The Morgan fingerprint density at radius 2 is 2.00 bits per heavy atom. The lowest BCUT2D eigenvalue weighted by Crippen LogP contribution is -2.44. The Morgan fingerprint density at radius 3 is 2.70 bits per heavy atom. The van der Waals surface area contributed by atoms with Crippen molar-refractivity contribution >= 4 is 6.02 Å². The van der Waals surface area contributed by atoms with Crippen molar-refractivity contribution in [2.75, 3.05) is 13.1 Å². The van der Waals surface area contributed by atoms with E-state index in [1.807, 2.05) is 12.1 Å². The van der Waals surface area contributed by atoms with Crippen LogP contribution in [-0.4, -0.2) is 35.7 Å². The van der Waals surface area contributed by atoms with Gasteiger partial charge in [0.2, 0.25) is 0 Å². The molecule has 2 N–H and O–H groups in total. The van der Waals surface area contributed by atoms with Gasteiger partial charge in [-0.05, 0) is 67.2 Å². The van der Waals surface area contributed by atoms with Gasteiger partial charge in [-0.15, -0.1) is 0 Å². The third-order valence-corrected chi connectivity index (χ3v) is 8.05. The summed E-state index contributed by atoms with van der Waals surface area (Å²) >= 11 is 0. The minimum atomic E-state index is -0.213. The molecule has 0 amide bonds. The number of hydrogen-bond acceptors (Lipinski definition) is 4. The summed E-state index contributed by atoms with van der Waals surface area (Å²) in [5.74, 6) is -0.198. The normalized spacial score (nSPS) is 34.2. The topological polar surface area (TPSA) is 50.8 Å².